The SMILES string of the molecule is NC(=NO)C1(C(=O)NCCC2CC2)CCOCC1. The predicted molar refractivity (Wildman–Crippen MR) is 66.2 cm³/mol. The Kier molecular flexibility index (Phi) is 4.06. The largest absolute Gasteiger partial charge is 0.409 e. The number of hydrogen-bond acceptors (Lipinski definition) is 4. The number of ether oxygens (including phenoxy) is 1. The summed E-state index contributed by atoms with van der Waals surface area (Å²) in [6.45, 7) is 1.60. The zero-order valence-corrected chi connectivity index (χ0v) is 10.5. The van der Waals surface area contributed by atoms with Crippen molar-refractivity contribution in [3.8, 4) is 0 Å². The van der Waals surface area contributed by atoms with Crippen LogP contribution >= 0.6 is 0 Å². The number of rotatable bonds is 5. The summed E-state index contributed by atoms with van der Waals surface area (Å²) in [6.07, 6.45) is 4.51. The fourth-order valence-electron chi connectivity index (χ4n) is 2.38. The number of oxime groups is 1. The van der Waals surface area contributed by atoms with E-state index in [1.54, 1.807) is 0 Å². The highest BCUT2D eigenvalue weighted by Crippen LogP contribution is 2.33. The molecule has 4 N–H and O–H groups in total. The number of amidine groups is 1. The number of carbonyl (C=O) groups excluding carboxylic acids is 1. The first-order valence-corrected chi connectivity index (χ1v) is 6.53. The van der Waals surface area contributed by atoms with E-state index in [1.165, 1.54) is 12.8 Å². The molecule has 0 aromatic carbocycles. The van der Waals surface area contributed by atoms with Crippen molar-refractivity contribution in [3.63, 3.8) is 0 Å². The molecule has 1 amide bonds. The molecule has 0 aromatic heterocycles. The maximum absolute atomic E-state index is 12.3. The molecule has 0 radical (unpaired) electrons. The Morgan fingerprint density at radius 2 is 2.11 bits per heavy atom. The van der Waals surface area contributed by atoms with Gasteiger partial charge in [0.25, 0.3) is 0 Å². The summed E-state index contributed by atoms with van der Waals surface area (Å²) < 4.78 is 5.25. The van der Waals surface area contributed by atoms with Crippen LogP contribution in [-0.4, -0.2) is 36.7 Å². The Labute approximate surface area is 107 Å². The van der Waals surface area contributed by atoms with E-state index >= 15 is 0 Å². The third-order valence-electron chi connectivity index (χ3n) is 3.91. The number of nitrogens with two attached hydrogens (primary N) is 1. The fraction of sp³-hybridized carbons (Fsp3) is 0.833. The Morgan fingerprint density at radius 1 is 1.44 bits per heavy atom. The maximum atomic E-state index is 12.3. The predicted octanol–water partition coefficient (Wildman–Crippen LogP) is 0.446. The van der Waals surface area contributed by atoms with E-state index < -0.39 is 5.41 Å². The van der Waals surface area contributed by atoms with Crippen molar-refractivity contribution in [1.29, 1.82) is 0 Å². The normalized spacial score (nSPS) is 23.7. The summed E-state index contributed by atoms with van der Waals surface area (Å²) in [6, 6.07) is 0. The summed E-state index contributed by atoms with van der Waals surface area (Å²) >= 11 is 0. The lowest BCUT2D eigenvalue weighted by Crippen LogP contribution is -2.52. The molecule has 1 saturated carbocycles. The first kappa shape index (κ1) is 13.1. The molecule has 2 fully saturated rings. The average molecular weight is 255 g/mol. The van der Waals surface area contributed by atoms with Gasteiger partial charge in [0, 0.05) is 19.8 Å². The van der Waals surface area contributed by atoms with E-state index in [0.717, 1.165) is 12.3 Å². The topological polar surface area (TPSA) is 96.9 Å². The lowest BCUT2D eigenvalue weighted by molar-refractivity contribution is -0.131. The molecule has 2 aliphatic rings. The molecule has 1 aliphatic heterocycles. The van der Waals surface area contributed by atoms with Gasteiger partial charge in [-0.05, 0) is 25.2 Å². The third-order valence-corrected chi connectivity index (χ3v) is 3.91. The number of nitrogens with one attached hydrogen (secondary N) is 1. The van der Waals surface area contributed by atoms with Gasteiger partial charge in [-0.1, -0.05) is 18.0 Å². The monoisotopic (exact) mass is 255 g/mol. The minimum Gasteiger partial charge on any atom is -0.409 e. The standard InChI is InChI=1S/C12H21N3O3/c13-10(15-17)12(4-7-18-8-5-12)11(16)14-6-3-9-1-2-9/h9,17H,1-8H2,(H2,13,15)(H,14,16). The average Bonchev–Trinajstić information content (AvgIpc) is 3.22. The van der Waals surface area contributed by atoms with Crippen LogP contribution < -0.4 is 11.1 Å². The molecule has 0 atom stereocenters. The highest BCUT2D eigenvalue weighted by atomic mass is 16.5. The summed E-state index contributed by atoms with van der Waals surface area (Å²) in [5.41, 5.74) is 4.82. The highest BCUT2D eigenvalue weighted by molar-refractivity contribution is 6.06. The Morgan fingerprint density at radius 3 is 2.67 bits per heavy atom. The van der Waals surface area contributed by atoms with E-state index in [1.807, 2.05) is 0 Å². The second-order valence-corrected chi connectivity index (χ2v) is 5.17. The van der Waals surface area contributed by atoms with Crippen LogP contribution in [0.4, 0.5) is 0 Å². The van der Waals surface area contributed by atoms with Crippen LogP contribution in [0.3, 0.4) is 0 Å². The van der Waals surface area contributed by atoms with Crippen molar-refractivity contribution in [3.05, 3.63) is 0 Å². The van der Waals surface area contributed by atoms with E-state index in [0.29, 0.717) is 32.6 Å². The smallest absolute Gasteiger partial charge is 0.234 e. The van der Waals surface area contributed by atoms with Crippen molar-refractivity contribution < 1.29 is 14.7 Å². The molecule has 2 rings (SSSR count). The zero-order valence-electron chi connectivity index (χ0n) is 10.5. The first-order chi connectivity index (χ1) is 8.69. The molecule has 0 bridgehead atoms. The number of hydrogen-bond donors (Lipinski definition) is 3. The van der Waals surface area contributed by atoms with Crippen molar-refractivity contribution in [1.82, 2.24) is 5.32 Å². The molecule has 1 aliphatic carbocycles. The van der Waals surface area contributed by atoms with Gasteiger partial charge in [-0.25, -0.2) is 0 Å². The van der Waals surface area contributed by atoms with Gasteiger partial charge in [-0.2, -0.15) is 0 Å². The van der Waals surface area contributed by atoms with Gasteiger partial charge in [0.1, 0.15) is 5.41 Å². The highest BCUT2D eigenvalue weighted by Gasteiger charge is 2.44. The summed E-state index contributed by atoms with van der Waals surface area (Å²) in [4.78, 5) is 12.3. The Bertz CT molecular complexity index is 333. The first-order valence-electron chi connectivity index (χ1n) is 6.53. The fourth-order valence-corrected chi connectivity index (χ4v) is 2.38. The lowest BCUT2D eigenvalue weighted by Gasteiger charge is -2.34. The number of carbonyl (C=O) groups is 1. The minimum atomic E-state index is -0.892. The van der Waals surface area contributed by atoms with Gasteiger partial charge in [-0.3, -0.25) is 4.79 Å². The van der Waals surface area contributed by atoms with Crippen molar-refractivity contribution >= 4 is 11.7 Å². The number of nitrogens with zero attached hydrogens (tertiary/aromatic N) is 1. The molecule has 6 heteroatoms. The van der Waals surface area contributed by atoms with Crippen LogP contribution in [0.25, 0.3) is 0 Å². The molecule has 0 spiro atoms. The van der Waals surface area contributed by atoms with E-state index in [9.17, 15) is 4.79 Å². The molecule has 102 valence electrons. The van der Waals surface area contributed by atoms with Gasteiger partial charge in [-0.15, -0.1) is 0 Å². The molecular weight excluding hydrogens is 234 g/mol. The number of amides is 1. The summed E-state index contributed by atoms with van der Waals surface area (Å²) in [5.74, 6) is 0.635. The molecule has 1 heterocycles. The molecule has 18 heavy (non-hydrogen) atoms. The maximum Gasteiger partial charge on any atom is 0.234 e. The molecule has 0 unspecified atom stereocenters. The van der Waals surface area contributed by atoms with Crippen LogP contribution in [0.5, 0.6) is 0 Å². The van der Waals surface area contributed by atoms with Gasteiger partial charge in [0.2, 0.25) is 5.91 Å². The third kappa shape index (κ3) is 2.75. The van der Waals surface area contributed by atoms with Crippen LogP contribution in [0.2, 0.25) is 0 Å². The zero-order chi connectivity index (χ0) is 13.0. The van der Waals surface area contributed by atoms with E-state index in [-0.39, 0.29) is 11.7 Å². The van der Waals surface area contributed by atoms with Gasteiger partial charge in [0.05, 0.1) is 0 Å². The van der Waals surface area contributed by atoms with Crippen molar-refractivity contribution in [2.45, 2.75) is 32.1 Å². The second kappa shape index (κ2) is 5.56. The van der Waals surface area contributed by atoms with E-state index in [2.05, 4.69) is 10.5 Å². The second-order valence-electron chi connectivity index (χ2n) is 5.17. The van der Waals surface area contributed by atoms with Gasteiger partial charge < -0.3 is 21.0 Å². The molecule has 6 nitrogen and oxygen atoms in total. The van der Waals surface area contributed by atoms with Crippen LogP contribution in [0, 0.1) is 11.3 Å². The summed E-state index contributed by atoms with van der Waals surface area (Å²) in [5, 5.41) is 14.8. The molecule has 0 aromatic rings. The minimum absolute atomic E-state index is 0.00489. The van der Waals surface area contributed by atoms with Crippen LogP contribution in [0.15, 0.2) is 5.16 Å². The lowest BCUT2D eigenvalue weighted by atomic mass is 9.78. The van der Waals surface area contributed by atoms with Gasteiger partial charge >= 0.3 is 0 Å². The molecular formula is C12H21N3O3. The summed E-state index contributed by atoms with van der Waals surface area (Å²) in [7, 11) is 0. The van der Waals surface area contributed by atoms with E-state index in [4.69, 9.17) is 15.7 Å². The molecule has 1 saturated heterocycles. The van der Waals surface area contributed by atoms with Crippen molar-refractivity contribution in [2.24, 2.45) is 22.2 Å². The van der Waals surface area contributed by atoms with Crippen LogP contribution in [0.1, 0.15) is 32.1 Å². The van der Waals surface area contributed by atoms with Crippen LogP contribution in [-0.2, 0) is 9.53 Å². The van der Waals surface area contributed by atoms with Gasteiger partial charge in [0.15, 0.2) is 5.84 Å². The quantitative estimate of drug-likeness (QED) is 0.287. The Balaban J connectivity index is 1.95. The van der Waals surface area contributed by atoms with Crippen molar-refractivity contribution in [2.75, 3.05) is 19.8 Å². The Hall–Kier alpha value is -1.30.